The number of benzene rings is 2. The molecular weight excluding hydrogens is 442 g/mol. The number of ether oxygens (including phenoxy) is 4. The van der Waals surface area contributed by atoms with E-state index in [1.807, 2.05) is 30.3 Å². The van der Waals surface area contributed by atoms with Gasteiger partial charge in [-0.05, 0) is 43.2 Å². The third-order valence-corrected chi connectivity index (χ3v) is 4.40. The van der Waals surface area contributed by atoms with Gasteiger partial charge < -0.3 is 24.3 Å². The topological polar surface area (TPSA) is 125 Å². The highest BCUT2D eigenvalue weighted by atomic mass is 16.6. The van der Waals surface area contributed by atoms with Gasteiger partial charge >= 0.3 is 12.1 Å². The first-order valence-corrected chi connectivity index (χ1v) is 10.7. The van der Waals surface area contributed by atoms with Crippen LogP contribution >= 0.6 is 0 Å². The Hall–Kier alpha value is -4.08. The number of hydrazone groups is 1. The van der Waals surface area contributed by atoms with Crippen LogP contribution in [-0.4, -0.2) is 51.1 Å². The molecule has 0 aromatic heterocycles. The summed E-state index contributed by atoms with van der Waals surface area (Å²) >= 11 is 0. The summed E-state index contributed by atoms with van der Waals surface area (Å²) < 4.78 is 20.5. The van der Waals surface area contributed by atoms with E-state index in [2.05, 4.69) is 15.8 Å². The monoisotopic (exact) mass is 471 g/mol. The summed E-state index contributed by atoms with van der Waals surface area (Å²) in [4.78, 5) is 35.8. The third kappa shape index (κ3) is 8.81. The zero-order chi connectivity index (χ0) is 24.8. The molecule has 2 N–H and O–H groups in total. The minimum Gasteiger partial charge on any atom is -0.493 e. The lowest BCUT2D eigenvalue weighted by molar-refractivity contribution is -0.145. The van der Waals surface area contributed by atoms with Gasteiger partial charge in [-0.15, -0.1) is 0 Å². The third-order valence-electron chi connectivity index (χ3n) is 4.40. The molecule has 0 radical (unpaired) electrons. The molecule has 0 heterocycles. The number of hydrogen-bond donors (Lipinski definition) is 2. The highest BCUT2D eigenvalue weighted by Crippen LogP contribution is 2.27. The molecule has 2 amide bonds. The zero-order valence-electron chi connectivity index (χ0n) is 19.4. The first-order chi connectivity index (χ1) is 16.5. The zero-order valence-corrected chi connectivity index (χ0v) is 19.4. The lowest BCUT2D eigenvalue weighted by atomic mass is 10.0. The number of rotatable bonds is 12. The number of esters is 1. The van der Waals surface area contributed by atoms with Crippen molar-refractivity contribution in [3.8, 4) is 11.5 Å². The number of alkyl carbamates (subject to hydrolysis) is 1. The van der Waals surface area contributed by atoms with Crippen molar-refractivity contribution < 1.29 is 33.3 Å². The van der Waals surface area contributed by atoms with E-state index in [0.717, 1.165) is 5.56 Å². The standard InChI is InChI=1S/C24H29N3O7/c1-4-32-23(29)16-34-20-12-11-17(13-21(20)31-3)15-25-27-22(28)14-19(26-24(30)33-5-2)18-9-7-6-8-10-18/h6-13,15,19H,4-5,14,16H2,1-3H3,(H,26,30)(H,27,28)/b25-15-/t19-/m1/s1. The molecule has 2 rings (SSSR count). The van der Waals surface area contributed by atoms with E-state index in [-0.39, 0.29) is 26.2 Å². The van der Waals surface area contributed by atoms with Gasteiger partial charge in [0, 0.05) is 0 Å². The Morgan fingerprint density at radius 2 is 1.74 bits per heavy atom. The molecule has 2 aromatic rings. The quantitative estimate of drug-likeness (QED) is 0.277. The van der Waals surface area contributed by atoms with E-state index in [1.165, 1.54) is 13.3 Å². The number of amides is 2. The maximum atomic E-state index is 12.4. The van der Waals surface area contributed by atoms with Crippen LogP contribution in [0.25, 0.3) is 0 Å². The minimum atomic E-state index is -0.606. The van der Waals surface area contributed by atoms with Crippen molar-refractivity contribution in [3.05, 3.63) is 59.7 Å². The second-order valence-electron chi connectivity index (χ2n) is 6.83. The maximum absolute atomic E-state index is 12.4. The van der Waals surface area contributed by atoms with Gasteiger partial charge in [0.05, 0.1) is 39.0 Å². The molecule has 182 valence electrons. The lowest BCUT2D eigenvalue weighted by Gasteiger charge is -2.18. The van der Waals surface area contributed by atoms with Crippen LogP contribution in [0.1, 0.15) is 37.4 Å². The smallest absolute Gasteiger partial charge is 0.407 e. The second-order valence-corrected chi connectivity index (χ2v) is 6.83. The lowest BCUT2D eigenvalue weighted by Crippen LogP contribution is -2.33. The molecule has 0 spiro atoms. The van der Waals surface area contributed by atoms with Gasteiger partial charge in [0.2, 0.25) is 5.91 Å². The molecule has 0 saturated carbocycles. The van der Waals surface area contributed by atoms with Gasteiger partial charge in [-0.3, -0.25) is 4.79 Å². The number of hydrogen-bond acceptors (Lipinski definition) is 8. The van der Waals surface area contributed by atoms with E-state index in [9.17, 15) is 14.4 Å². The Kier molecular flexibility index (Phi) is 10.9. The van der Waals surface area contributed by atoms with Crippen LogP contribution in [0.5, 0.6) is 11.5 Å². The van der Waals surface area contributed by atoms with Crippen molar-refractivity contribution in [1.29, 1.82) is 0 Å². The molecule has 0 aliphatic heterocycles. The van der Waals surface area contributed by atoms with E-state index in [1.54, 1.807) is 32.0 Å². The highest BCUT2D eigenvalue weighted by molar-refractivity contribution is 5.84. The van der Waals surface area contributed by atoms with Crippen LogP contribution in [0.15, 0.2) is 53.6 Å². The summed E-state index contributed by atoms with van der Waals surface area (Å²) in [6.45, 7) is 3.66. The fraction of sp³-hybridized carbons (Fsp3) is 0.333. The first kappa shape index (κ1) is 26.2. The molecule has 0 bridgehead atoms. The summed E-state index contributed by atoms with van der Waals surface area (Å²) in [6, 6.07) is 13.5. The molecule has 0 fully saturated rings. The van der Waals surface area contributed by atoms with Crippen molar-refractivity contribution in [1.82, 2.24) is 10.7 Å². The molecular formula is C24H29N3O7. The Morgan fingerprint density at radius 3 is 2.41 bits per heavy atom. The maximum Gasteiger partial charge on any atom is 0.407 e. The summed E-state index contributed by atoms with van der Waals surface area (Å²) in [5, 5.41) is 6.65. The summed E-state index contributed by atoms with van der Waals surface area (Å²) in [5.41, 5.74) is 3.84. The molecule has 0 saturated heterocycles. The number of carbonyl (C=O) groups excluding carboxylic acids is 3. The van der Waals surface area contributed by atoms with Crippen LogP contribution in [0, 0.1) is 0 Å². The molecule has 10 heteroatoms. The molecule has 1 atom stereocenters. The van der Waals surface area contributed by atoms with Crippen LogP contribution in [0.3, 0.4) is 0 Å². The molecule has 0 unspecified atom stereocenters. The number of nitrogens with one attached hydrogen (secondary N) is 2. The van der Waals surface area contributed by atoms with E-state index < -0.39 is 24.0 Å². The Bertz CT molecular complexity index is 980. The van der Waals surface area contributed by atoms with Crippen LogP contribution in [-0.2, 0) is 19.1 Å². The molecule has 10 nitrogen and oxygen atoms in total. The van der Waals surface area contributed by atoms with Crippen molar-refractivity contribution in [2.24, 2.45) is 5.10 Å². The Morgan fingerprint density at radius 1 is 1.00 bits per heavy atom. The summed E-state index contributed by atoms with van der Waals surface area (Å²) in [7, 11) is 1.47. The van der Waals surface area contributed by atoms with E-state index >= 15 is 0 Å². The number of carbonyl (C=O) groups is 3. The fourth-order valence-electron chi connectivity index (χ4n) is 2.89. The normalized spacial score (nSPS) is 11.4. The van der Waals surface area contributed by atoms with Crippen LogP contribution in [0.2, 0.25) is 0 Å². The van der Waals surface area contributed by atoms with Gasteiger partial charge in [0.25, 0.3) is 0 Å². The Labute approximate surface area is 198 Å². The van der Waals surface area contributed by atoms with Crippen molar-refractivity contribution in [3.63, 3.8) is 0 Å². The predicted molar refractivity (Wildman–Crippen MR) is 125 cm³/mol. The minimum absolute atomic E-state index is 0.0376. The van der Waals surface area contributed by atoms with Gasteiger partial charge in [-0.25, -0.2) is 15.0 Å². The molecule has 2 aromatic carbocycles. The Balaban J connectivity index is 1.98. The molecule has 0 aliphatic rings. The average Bonchev–Trinajstić information content (AvgIpc) is 2.83. The first-order valence-electron chi connectivity index (χ1n) is 10.7. The fourth-order valence-corrected chi connectivity index (χ4v) is 2.89. The van der Waals surface area contributed by atoms with Gasteiger partial charge in [-0.2, -0.15) is 5.10 Å². The largest absolute Gasteiger partial charge is 0.493 e. The summed E-state index contributed by atoms with van der Waals surface area (Å²) in [5.74, 6) is -0.123. The van der Waals surface area contributed by atoms with Crippen molar-refractivity contribution >= 4 is 24.2 Å². The van der Waals surface area contributed by atoms with Crippen LogP contribution < -0.4 is 20.2 Å². The predicted octanol–water partition coefficient (Wildman–Crippen LogP) is 2.96. The molecule has 0 aliphatic carbocycles. The highest BCUT2D eigenvalue weighted by Gasteiger charge is 2.18. The second kappa shape index (κ2) is 14.1. The SMILES string of the molecule is CCOC(=O)COc1ccc(/C=N\NC(=O)C[C@@H](NC(=O)OCC)c2ccccc2)cc1OC. The van der Waals surface area contributed by atoms with Crippen LogP contribution in [0.4, 0.5) is 4.79 Å². The van der Waals surface area contributed by atoms with Gasteiger partial charge in [0.1, 0.15) is 0 Å². The van der Waals surface area contributed by atoms with E-state index in [0.29, 0.717) is 17.1 Å². The average molecular weight is 472 g/mol. The summed E-state index contributed by atoms with van der Waals surface area (Å²) in [6.07, 6.45) is 0.792. The van der Waals surface area contributed by atoms with Gasteiger partial charge in [0.15, 0.2) is 18.1 Å². The van der Waals surface area contributed by atoms with Gasteiger partial charge in [-0.1, -0.05) is 30.3 Å². The van der Waals surface area contributed by atoms with E-state index in [4.69, 9.17) is 18.9 Å². The van der Waals surface area contributed by atoms with Crippen molar-refractivity contribution in [2.45, 2.75) is 26.3 Å². The molecule has 34 heavy (non-hydrogen) atoms. The number of nitrogens with zero attached hydrogens (tertiary/aromatic N) is 1. The van der Waals surface area contributed by atoms with Crippen molar-refractivity contribution in [2.75, 3.05) is 26.9 Å². The number of methoxy groups -OCH3 is 1.